The number of hydrogen-bond acceptors (Lipinski definition) is 2. The molecule has 1 aromatic rings. The van der Waals surface area contributed by atoms with Gasteiger partial charge in [-0.2, -0.15) is 0 Å². The molecule has 1 rings (SSSR count). The molecular formula is C11H12NO2SY-. The molecule has 1 atom stereocenters. The minimum Gasteiger partial charge on any atom is -0.545 e. The van der Waals surface area contributed by atoms with E-state index < -0.39 is 12.0 Å². The van der Waals surface area contributed by atoms with Gasteiger partial charge in [0.1, 0.15) is 0 Å². The van der Waals surface area contributed by atoms with E-state index in [0.717, 1.165) is 11.1 Å². The first-order valence-electron chi connectivity index (χ1n) is 4.54. The number of thiocarbonyl (C=S) groups is 1. The Morgan fingerprint density at radius 1 is 1.50 bits per heavy atom. The van der Waals surface area contributed by atoms with Crippen LogP contribution in [0.5, 0.6) is 0 Å². The van der Waals surface area contributed by atoms with Crippen LogP contribution in [0.15, 0.2) is 24.3 Å². The summed E-state index contributed by atoms with van der Waals surface area (Å²) in [4.78, 5) is 10.8. The number of aryl methyl sites for hydroxylation is 1. The summed E-state index contributed by atoms with van der Waals surface area (Å²) in [6.07, 6.45) is 0.402. The van der Waals surface area contributed by atoms with Crippen LogP contribution in [0.3, 0.4) is 0 Å². The number of carboxylic acid groups (broad SMARTS) is 1. The normalized spacial score (nSPS) is 11.1. The molecule has 3 nitrogen and oxygen atoms in total. The number of carbonyl (C=O) groups is 1. The second kappa shape index (κ2) is 7.88. The third kappa shape index (κ3) is 5.15. The van der Waals surface area contributed by atoms with Crippen LogP contribution in [0.25, 0.3) is 0 Å². The smallest absolute Gasteiger partial charge is 0.323 e. The largest absolute Gasteiger partial charge is 0.545 e. The average Bonchev–Trinajstić information content (AvgIpc) is 2.20. The average molecular weight is 311 g/mol. The van der Waals surface area contributed by atoms with E-state index in [-0.39, 0.29) is 32.7 Å². The standard InChI is InChI=1S/C11H12NO2S.Y/c1-8-2-4-9(5-3-8)6-10(11(13)14)12-7-15;/h2-5,10H,6H2,1H3,(H,12,15)(H,13,14);/q-1;. The Kier molecular flexibility index (Phi) is 7.72. The van der Waals surface area contributed by atoms with Gasteiger partial charge in [0.2, 0.25) is 0 Å². The van der Waals surface area contributed by atoms with Crippen molar-refractivity contribution in [2.45, 2.75) is 19.4 Å². The molecule has 0 heterocycles. The third-order valence-electron chi connectivity index (χ3n) is 2.09. The van der Waals surface area contributed by atoms with Gasteiger partial charge in [-0.1, -0.05) is 29.8 Å². The van der Waals surface area contributed by atoms with Crippen molar-refractivity contribution in [1.29, 1.82) is 0 Å². The Bertz CT molecular complexity index is 354. The number of carboxylic acids is 1. The monoisotopic (exact) mass is 311 g/mol. The summed E-state index contributed by atoms with van der Waals surface area (Å²) in [5.74, 6) is -0.923. The van der Waals surface area contributed by atoms with Crippen molar-refractivity contribution in [3.8, 4) is 0 Å². The van der Waals surface area contributed by atoms with E-state index in [4.69, 9.17) is 5.11 Å². The Labute approximate surface area is 126 Å². The van der Waals surface area contributed by atoms with E-state index in [0.29, 0.717) is 6.42 Å². The summed E-state index contributed by atoms with van der Waals surface area (Å²) in [6.45, 7) is 1.99. The second-order valence-corrected chi connectivity index (χ2v) is 3.53. The second-order valence-electron chi connectivity index (χ2n) is 3.33. The first-order chi connectivity index (χ1) is 7.13. The van der Waals surface area contributed by atoms with Crippen molar-refractivity contribution in [3.63, 3.8) is 0 Å². The zero-order chi connectivity index (χ0) is 11.3. The van der Waals surface area contributed by atoms with E-state index in [1.165, 1.54) is 0 Å². The Morgan fingerprint density at radius 3 is 2.50 bits per heavy atom. The van der Waals surface area contributed by atoms with E-state index in [2.05, 4.69) is 23.0 Å². The SMILES string of the molecule is Cc1ccc(CC(N[C-]=S)C(=O)O)cc1.[Y]. The van der Waals surface area contributed by atoms with Crippen molar-refractivity contribution in [2.75, 3.05) is 0 Å². The number of benzene rings is 1. The maximum absolute atomic E-state index is 10.8. The predicted octanol–water partition coefficient (Wildman–Crippen LogP) is 1.41. The van der Waals surface area contributed by atoms with Gasteiger partial charge in [0.05, 0.1) is 6.04 Å². The molecule has 0 saturated carbocycles. The van der Waals surface area contributed by atoms with Crippen LogP contribution < -0.4 is 5.32 Å². The first-order valence-corrected chi connectivity index (χ1v) is 4.95. The van der Waals surface area contributed by atoms with Gasteiger partial charge in [-0.3, -0.25) is 4.79 Å². The Morgan fingerprint density at radius 2 is 2.06 bits per heavy atom. The van der Waals surface area contributed by atoms with Gasteiger partial charge in [-0.25, -0.2) is 0 Å². The molecule has 5 heteroatoms. The maximum Gasteiger partial charge on any atom is 0.323 e. The van der Waals surface area contributed by atoms with Crippen LogP contribution in [0, 0.1) is 6.92 Å². The minimum atomic E-state index is -0.923. The fourth-order valence-electron chi connectivity index (χ4n) is 1.23. The summed E-state index contributed by atoms with van der Waals surface area (Å²) >= 11 is 4.46. The van der Waals surface area contributed by atoms with Crippen molar-refractivity contribution in [3.05, 3.63) is 35.4 Å². The summed E-state index contributed by atoms with van der Waals surface area (Å²) < 4.78 is 0. The van der Waals surface area contributed by atoms with E-state index in [9.17, 15) is 4.79 Å². The zero-order valence-electron chi connectivity index (χ0n) is 8.93. The van der Waals surface area contributed by atoms with Gasteiger partial charge in [0, 0.05) is 39.1 Å². The molecule has 1 aromatic carbocycles. The number of nitrogens with one attached hydrogen (secondary N) is 1. The van der Waals surface area contributed by atoms with Gasteiger partial charge in [-0.05, 0) is 12.5 Å². The van der Waals surface area contributed by atoms with Crippen LogP contribution in [0.2, 0.25) is 0 Å². The summed E-state index contributed by atoms with van der Waals surface area (Å²) in [5, 5.41) is 11.4. The molecule has 0 saturated heterocycles. The van der Waals surface area contributed by atoms with Gasteiger partial charge in [-0.15, -0.1) is 0 Å². The molecule has 83 valence electrons. The third-order valence-corrected chi connectivity index (χ3v) is 2.21. The maximum atomic E-state index is 10.8. The Hall–Kier alpha value is -0.316. The van der Waals surface area contributed by atoms with Crippen LogP contribution in [0.1, 0.15) is 11.1 Å². The number of rotatable bonds is 5. The molecule has 0 aromatic heterocycles. The zero-order valence-corrected chi connectivity index (χ0v) is 12.6. The summed E-state index contributed by atoms with van der Waals surface area (Å²) in [5.41, 5.74) is 4.35. The van der Waals surface area contributed by atoms with Crippen molar-refractivity contribution >= 4 is 23.7 Å². The number of hydrogen-bond donors (Lipinski definition) is 2. The van der Waals surface area contributed by atoms with Crippen LogP contribution in [-0.4, -0.2) is 22.6 Å². The van der Waals surface area contributed by atoms with Gasteiger partial charge >= 0.3 is 5.97 Å². The van der Waals surface area contributed by atoms with Gasteiger partial charge < -0.3 is 28.1 Å². The van der Waals surface area contributed by atoms with E-state index in [1.54, 1.807) is 0 Å². The first kappa shape index (κ1) is 15.7. The van der Waals surface area contributed by atoms with Gasteiger partial charge in [0.15, 0.2) is 0 Å². The molecule has 0 amide bonds. The molecule has 1 radical (unpaired) electrons. The Balaban J connectivity index is 0.00000225. The van der Waals surface area contributed by atoms with Crippen LogP contribution in [-0.2, 0) is 43.9 Å². The topological polar surface area (TPSA) is 49.3 Å². The van der Waals surface area contributed by atoms with Gasteiger partial charge in [0.25, 0.3) is 0 Å². The number of aliphatic carboxylic acids is 1. The fourth-order valence-corrected chi connectivity index (χ4v) is 1.37. The van der Waals surface area contributed by atoms with Crippen LogP contribution >= 0.6 is 12.2 Å². The molecule has 0 aliphatic heterocycles. The van der Waals surface area contributed by atoms with Crippen molar-refractivity contribution in [2.24, 2.45) is 0 Å². The fraction of sp³-hybridized carbons (Fsp3) is 0.273. The summed E-state index contributed by atoms with van der Waals surface area (Å²) in [7, 11) is 0. The van der Waals surface area contributed by atoms with Crippen LogP contribution in [0.4, 0.5) is 0 Å². The molecule has 1 unspecified atom stereocenters. The van der Waals surface area contributed by atoms with E-state index in [1.807, 2.05) is 31.2 Å². The molecule has 16 heavy (non-hydrogen) atoms. The van der Waals surface area contributed by atoms with E-state index >= 15 is 0 Å². The molecule has 0 spiro atoms. The molecule has 0 aliphatic carbocycles. The molecule has 0 bridgehead atoms. The molecular weight excluding hydrogens is 299 g/mol. The molecule has 2 N–H and O–H groups in total. The minimum absolute atomic E-state index is 0. The van der Waals surface area contributed by atoms with Crippen molar-refractivity contribution in [1.82, 2.24) is 5.32 Å². The summed E-state index contributed by atoms with van der Waals surface area (Å²) in [6, 6.07) is 7.03. The quantitative estimate of drug-likeness (QED) is 0.490. The molecule has 0 aliphatic rings. The molecule has 0 fully saturated rings. The van der Waals surface area contributed by atoms with Crippen molar-refractivity contribution < 1.29 is 42.6 Å². The predicted molar refractivity (Wildman–Crippen MR) is 62.0 cm³/mol.